The third-order valence-corrected chi connectivity index (χ3v) is 6.55. The van der Waals surface area contributed by atoms with Crippen LogP contribution in [-0.4, -0.2) is 16.6 Å². The second-order valence-corrected chi connectivity index (χ2v) is 8.77. The summed E-state index contributed by atoms with van der Waals surface area (Å²) in [6.45, 7) is 4.98. The second-order valence-electron chi connectivity index (χ2n) is 7.96. The van der Waals surface area contributed by atoms with Gasteiger partial charge in [0.05, 0.1) is 15.7 Å². The molecular weight excluding hydrogens is 413 g/mol. The van der Waals surface area contributed by atoms with Gasteiger partial charge in [-0.1, -0.05) is 48.0 Å². The van der Waals surface area contributed by atoms with E-state index >= 15 is 0 Å². The molecule has 3 aromatic rings. The highest BCUT2D eigenvalue weighted by Crippen LogP contribution is 2.29. The Morgan fingerprint density at radius 1 is 1.03 bits per heavy atom. The maximum atomic E-state index is 5.86. The van der Waals surface area contributed by atoms with Crippen LogP contribution in [0.25, 0.3) is 11.3 Å². The lowest BCUT2D eigenvalue weighted by atomic mass is 10.0. The van der Waals surface area contributed by atoms with Crippen molar-refractivity contribution >= 4 is 23.2 Å². The SMILES string of the molecule is C=C(Cc1ccc(Cl)c(Cl)c1)NC.c1cc2c(cc1-c1cn3c(n1)CCC3)CCC2. The first kappa shape index (κ1) is 21.0. The lowest BCUT2D eigenvalue weighted by Gasteiger charge is -2.05. The van der Waals surface area contributed by atoms with E-state index in [4.69, 9.17) is 28.2 Å². The predicted octanol–water partition coefficient (Wildman–Crippen LogP) is 6.25. The summed E-state index contributed by atoms with van der Waals surface area (Å²) in [5, 5.41) is 4.15. The normalized spacial score (nSPS) is 14.0. The van der Waals surface area contributed by atoms with Crippen LogP contribution in [0, 0.1) is 0 Å². The highest BCUT2D eigenvalue weighted by Gasteiger charge is 2.16. The topological polar surface area (TPSA) is 29.9 Å². The van der Waals surface area contributed by atoms with E-state index in [9.17, 15) is 0 Å². The number of allylic oxidation sites excluding steroid dienone is 1. The molecule has 1 aliphatic heterocycles. The number of likely N-dealkylation sites (N-methyl/N-ethyl adjacent to an activating group) is 1. The van der Waals surface area contributed by atoms with E-state index in [1.807, 2.05) is 19.2 Å². The summed E-state index contributed by atoms with van der Waals surface area (Å²) in [6, 6.07) is 12.5. The number of benzene rings is 2. The van der Waals surface area contributed by atoms with E-state index in [0.717, 1.165) is 36.3 Å². The Balaban J connectivity index is 0.000000152. The zero-order valence-electron chi connectivity index (χ0n) is 17.3. The van der Waals surface area contributed by atoms with Crippen molar-refractivity contribution in [2.45, 2.75) is 45.1 Å². The molecule has 5 rings (SSSR count). The minimum absolute atomic E-state index is 0.584. The average Bonchev–Trinajstić information content (AvgIpc) is 3.46. The third kappa shape index (κ3) is 4.74. The van der Waals surface area contributed by atoms with Gasteiger partial charge >= 0.3 is 0 Å². The Labute approximate surface area is 188 Å². The van der Waals surface area contributed by atoms with Gasteiger partial charge in [0.1, 0.15) is 5.82 Å². The summed E-state index contributed by atoms with van der Waals surface area (Å²) >= 11 is 11.6. The fraction of sp³-hybridized carbons (Fsp3) is 0.320. The molecule has 5 heteroatoms. The molecule has 0 saturated heterocycles. The van der Waals surface area contributed by atoms with Crippen molar-refractivity contribution < 1.29 is 0 Å². The molecule has 0 amide bonds. The van der Waals surface area contributed by atoms with Crippen LogP contribution < -0.4 is 5.32 Å². The molecule has 156 valence electrons. The van der Waals surface area contributed by atoms with Gasteiger partial charge in [0.2, 0.25) is 0 Å². The minimum atomic E-state index is 0.584. The molecule has 0 spiro atoms. The number of nitrogens with zero attached hydrogens (tertiary/aromatic N) is 2. The van der Waals surface area contributed by atoms with Crippen molar-refractivity contribution in [3.63, 3.8) is 0 Å². The lowest BCUT2D eigenvalue weighted by molar-refractivity contribution is 0.750. The molecule has 0 bridgehead atoms. The number of halogens is 2. The maximum absolute atomic E-state index is 5.86. The first-order valence-electron chi connectivity index (χ1n) is 10.5. The standard InChI is InChI=1S/C15H16N2.C10H11Cl2N/c1-3-11-6-7-13(9-12(11)4-1)14-10-17-8-2-5-15(17)16-14;1-7(13-2)5-8-3-4-9(11)10(12)6-8/h6-7,9-10H,1-5,8H2;3-4,6,13H,1,5H2,2H3. The van der Waals surface area contributed by atoms with Crippen molar-refractivity contribution in [2.24, 2.45) is 0 Å². The summed E-state index contributed by atoms with van der Waals surface area (Å²) in [4.78, 5) is 4.75. The van der Waals surface area contributed by atoms with E-state index in [-0.39, 0.29) is 0 Å². The van der Waals surface area contributed by atoms with E-state index in [1.54, 1.807) is 11.6 Å². The van der Waals surface area contributed by atoms with Crippen molar-refractivity contribution in [3.05, 3.63) is 87.4 Å². The van der Waals surface area contributed by atoms with Crippen LogP contribution in [0.4, 0.5) is 0 Å². The minimum Gasteiger partial charge on any atom is -0.392 e. The van der Waals surface area contributed by atoms with Crippen molar-refractivity contribution in [3.8, 4) is 11.3 Å². The van der Waals surface area contributed by atoms with Gasteiger partial charge in [-0.2, -0.15) is 0 Å². The third-order valence-electron chi connectivity index (χ3n) is 5.81. The van der Waals surface area contributed by atoms with Gasteiger partial charge in [0.25, 0.3) is 0 Å². The summed E-state index contributed by atoms with van der Waals surface area (Å²) in [6.07, 6.45) is 9.22. The summed E-state index contributed by atoms with van der Waals surface area (Å²) in [5.41, 5.74) is 7.60. The van der Waals surface area contributed by atoms with Crippen LogP contribution in [0.1, 0.15) is 35.4 Å². The van der Waals surface area contributed by atoms with E-state index in [1.165, 1.54) is 42.6 Å². The molecule has 0 unspecified atom stereocenters. The molecule has 2 aromatic carbocycles. The van der Waals surface area contributed by atoms with Gasteiger partial charge in [-0.15, -0.1) is 0 Å². The molecule has 30 heavy (non-hydrogen) atoms. The Bertz CT molecular complexity index is 1050. The van der Waals surface area contributed by atoms with E-state index in [0.29, 0.717) is 10.0 Å². The zero-order valence-corrected chi connectivity index (χ0v) is 18.9. The highest BCUT2D eigenvalue weighted by atomic mass is 35.5. The van der Waals surface area contributed by atoms with E-state index < -0.39 is 0 Å². The Hall–Kier alpha value is -2.23. The Morgan fingerprint density at radius 2 is 1.87 bits per heavy atom. The van der Waals surface area contributed by atoms with Crippen LogP contribution in [0.5, 0.6) is 0 Å². The Kier molecular flexibility index (Phi) is 6.50. The molecule has 0 radical (unpaired) electrons. The van der Waals surface area contributed by atoms with Crippen molar-refractivity contribution in [1.29, 1.82) is 0 Å². The molecule has 1 N–H and O–H groups in total. The number of nitrogens with one attached hydrogen (secondary N) is 1. The molecule has 0 atom stereocenters. The average molecular weight is 440 g/mol. The second kappa shape index (κ2) is 9.28. The number of hydrogen-bond donors (Lipinski definition) is 1. The predicted molar refractivity (Wildman–Crippen MR) is 126 cm³/mol. The van der Waals surface area contributed by atoms with Crippen LogP contribution in [0.15, 0.2) is 54.9 Å². The molecule has 0 fully saturated rings. The van der Waals surface area contributed by atoms with Crippen molar-refractivity contribution in [1.82, 2.24) is 14.9 Å². The smallest absolute Gasteiger partial charge is 0.109 e. The van der Waals surface area contributed by atoms with Gasteiger partial charge in [-0.25, -0.2) is 4.98 Å². The fourth-order valence-electron chi connectivity index (χ4n) is 4.11. The molecule has 1 aliphatic carbocycles. The monoisotopic (exact) mass is 439 g/mol. The first-order valence-corrected chi connectivity index (χ1v) is 11.3. The molecule has 2 aliphatic rings. The van der Waals surface area contributed by atoms with Crippen LogP contribution in [0.3, 0.4) is 0 Å². The molecule has 3 nitrogen and oxygen atoms in total. The summed E-state index contributed by atoms with van der Waals surface area (Å²) in [7, 11) is 1.85. The van der Waals surface area contributed by atoms with Crippen LogP contribution in [-0.2, 0) is 32.2 Å². The zero-order chi connectivity index (χ0) is 21.1. The summed E-state index contributed by atoms with van der Waals surface area (Å²) < 4.78 is 2.31. The Morgan fingerprint density at radius 3 is 2.63 bits per heavy atom. The number of rotatable bonds is 4. The van der Waals surface area contributed by atoms with Crippen molar-refractivity contribution in [2.75, 3.05) is 7.05 Å². The lowest BCUT2D eigenvalue weighted by Crippen LogP contribution is -2.06. The summed E-state index contributed by atoms with van der Waals surface area (Å²) in [5.74, 6) is 1.26. The number of aryl methyl sites for hydroxylation is 4. The number of fused-ring (bicyclic) bond motifs is 2. The molecular formula is C25H27Cl2N3. The first-order chi connectivity index (χ1) is 14.5. The maximum Gasteiger partial charge on any atom is 0.109 e. The van der Waals surface area contributed by atoms with Crippen LogP contribution >= 0.6 is 23.2 Å². The quantitative estimate of drug-likeness (QED) is 0.520. The highest BCUT2D eigenvalue weighted by molar-refractivity contribution is 6.42. The van der Waals surface area contributed by atoms with Gasteiger partial charge in [-0.3, -0.25) is 0 Å². The van der Waals surface area contributed by atoms with Gasteiger partial charge in [0, 0.05) is 43.9 Å². The largest absolute Gasteiger partial charge is 0.392 e. The fourth-order valence-corrected chi connectivity index (χ4v) is 4.43. The van der Waals surface area contributed by atoms with Gasteiger partial charge in [-0.05, 0) is 60.6 Å². The number of aromatic nitrogens is 2. The van der Waals surface area contributed by atoms with Gasteiger partial charge in [0.15, 0.2) is 0 Å². The molecule has 1 aromatic heterocycles. The molecule has 0 saturated carbocycles. The molecule has 2 heterocycles. The number of hydrogen-bond acceptors (Lipinski definition) is 2. The van der Waals surface area contributed by atoms with E-state index in [2.05, 4.69) is 40.9 Å². The van der Waals surface area contributed by atoms with Gasteiger partial charge < -0.3 is 9.88 Å². The number of imidazole rings is 1. The van der Waals surface area contributed by atoms with Crippen LogP contribution in [0.2, 0.25) is 10.0 Å².